The molecule has 0 saturated carbocycles. The first-order valence-corrected chi connectivity index (χ1v) is 10.1. The average Bonchev–Trinajstić information content (AvgIpc) is 2.80. The van der Waals surface area contributed by atoms with Crippen LogP contribution in [0.3, 0.4) is 0 Å². The van der Waals surface area contributed by atoms with Crippen LogP contribution in [-0.2, 0) is 22.4 Å². The highest BCUT2D eigenvalue weighted by atomic mass is 16.4. The SMILES string of the molecule is O=C(N[C@@H](Cc1ccc(O)cc1)C(=O)N[C@@H](Cc1ccccc1)C(=O)O)c1ccccc1. The van der Waals surface area contributed by atoms with Crippen LogP contribution < -0.4 is 10.6 Å². The second-order valence-electron chi connectivity index (χ2n) is 7.35. The third-order valence-corrected chi connectivity index (χ3v) is 4.93. The zero-order valence-corrected chi connectivity index (χ0v) is 17.3. The summed E-state index contributed by atoms with van der Waals surface area (Å²) in [6.07, 6.45) is 0.239. The molecular weight excluding hydrogens is 408 g/mol. The van der Waals surface area contributed by atoms with Crippen LogP contribution >= 0.6 is 0 Å². The molecule has 3 rings (SSSR count). The number of carboxylic acids is 1. The van der Waals surface area contributed by atoms with Gasteiger partial charge >= 0.3 is 5.97 Å². The summed E-state index contributed by atoms with van der Waals surface area (Å²) in [5, 5.41) is 24.4. The van der Waals surface area contributed by atoms with E-state index in [1.54, 1.807) is 66.7 Å². The predicted octanol–water partition coefficient (Wildman–Crippen LogP) is 2.55. The summed E-state index contributed by atoms with van der Waals surface area (Å²) in [6.45, 7) is 0. The third-order valence-electron chi connectivity index (χ3n) is 4.93. The number of amides is 2. The van der Waals surface area contributed by atoms with E-state index in [1.807, 2.05) is 6.07 Å². The fourth-order valence-corrected chi connectivity index (χ4v) is 3.23. The van der Waals surface area contributed by atoms with Crippen molar-refractivity contribution in [3.8, 4) is 5.75 Å². The Morgan fingerprint density at radius 3 is 1.81 bits per heavy atom. The summed E-state index contributed by atoms with van der Waals surface area (Å²) in [5.41, 5.74) is 1.85. The molecule has 3 aromatic carbocycles. The zero-order valence-electron chi connectivity index (χ0n) is 17.3. The molecule has 2 amide bonds. The Labute approximate surface area is 185 Å². The van der Waals surface area contributed by atoms with Gasteiger partial charge in [0.05, 0.1) is 0 Å². The zero-order chi connectivity index (χ0) is 22.9. The minimum Gasteiger partial charge on any atom is -0.508 e. The second kappa shape index (κ2) is 10.8. The third kappa shape index (κ3) is 6.43. The van der Waals surface area contributed by atoms with E-state index >= 15 is 0 Å². The van der Waals surface area contributed by atoms with Crippen molar-refractivity contribution >= 4 is 17.8 Å². The van der Waals surface area contributed by atoms with Crippen molar-refractivity contribution in [3.63, 3.8) is 0 Å². The summed E-state index contributed by atoms with van der Waals surface area (Å²) >= 11 is 0. The summed E-state index contributed by atoms with van der Waals surface area (Å²) in [7, 11) is 0. The topological polar surface area (TPSA) is 116 Å². The number of hydrogen-bond acceptors (Lipinski definition) is 4. The van der Waals surface area contributed by atoms with Gasteiger partial charge in [-0.3, -0.25) is 9.59 Å². The quantitative estimate of drug-likeness (QED) is 0.415. The van der Waals surface area contributed by atoms with Gasteiger partial charge in [-0.2, -0.15) is 0 Å². The van der Waals surface area contributed by atoms with Crippen LogP contribution in [0.2, 0.25) is 0 Å². The predicted molar refractivity (Wildman–Crippen MR) is 119 cm³/mol. The summed E-state index contributed by atoms with van der Waals surface area (Å²) in [5.74, 6) is -2.14. The Morgan fingerprint density at radius 2 is 1.22 bits per heavy atom. The van der Waals surface area contributed by atoms with Gasteiger partial charge in [0.25, 0.3) is 5.91 Å². The van der Waals surface area contributed by atoms with Crippen LogP contribution in [0.5, 0.6) is 5.75 Å². The minimum atomic E-state index is -1.17. The van der Waals surface area contributed by atoms with E-state index in [2.05, 4.69) is 10.6 Å². The van der Waals surface area contributed by atoms with Gasteiger partial charge in [0, 0.05) is 18.4 Å². The molecule has 4 N–H and O–H groups in total. The molecule has 164 valence electrons. The standard InChI is InChI=1S/C25H24N2O5/c28-20-13-11-18(12-14-20)15-21(26-23(29)19-9-5-2-6-10-19)24(30)27-22(25(31)32)16-17-7-3-1-4-8-17/h1-14,21-22,28H,15-16H2,(H,26,29)(H,27,30)(H,31,32)/t21-,22-/m0/s1. The van der Waals surface area contributed by atoms with E-state index < -0.39 is 29.9 Å². The van der Waals surface area contributed by atoms with Crippen LogP contribution in [0.4, 0.5) is 0 Å². The number of benzene rings is 3. The van der Waals surface area contributed by atoms with Crippen molar-refractivity contribution in [3.05, 3.63) is 102 Å². The lowest BCUT2D eigenvalue weighted by Crippen LogP contribution is -2.53. The van der Waals surface area contributed by atoms with Gasteiger partial charge in [-0.05, 0) is 35.4 Å². The van der Waals surface area contributed by atoms with Gasteiger partial charge in [-0.1, -0.05) is 60.7 Å². The Kier molecular flexibility index (Phi) is 7.59. The molecule has 0 bridgehead atoms. The fraction of sp³-hybridized carbons (Fsp3) is 0.160. The molecule has 0 aliphatic heterocycles. The Balaban J connectivity index is 1.78. The first-order valence-electron chi connectivity index (χ1n) is 10.1. The largest absolute Gasteiger partial charge is 0.508 e. The van der Waals surface area contributed by atoms with Crippen LogP contribution in [-0.4, -0.2) is 40.1 Å². The summed E-state index contributed by atoms with van der Waals surface area (Å²) in [4.78, 5) is 37.5. The van der Waals surface area contributed by atoms with Crippen LogP contribution in [0.1, 0.15) is 21.5 Å². The lowest BCUT2D eigenvalue weighted by Gasteiger charge is -2.22. The fourth-order valence-electron chi connectivity index (χ4n) is 3.23. The minimum absolute atomic E-state index is 0.0804. The Hall–Kier alpha value is -4.13. The van der Waals surface area contributed by atoms with Gasteiger partial charge in [-0.25, -0.2) is 4.79 Å². The molecule has 0 aliphatic rings. The van der Waals surface area contributed by atoms with Crippen molar-refractivity contribution in [1.82, 2.24) is 10.6 Å². The van der Waals surface area contributed by atoms with Crippen LogP contribution in [0.25, 0.3) is 0 Å². The number of nitrogens with one attached hydrogen (secondary N) is 2. The molecule has 2 atom stereocenters. The van der Waals surface area contributed by atoms with Gasteiger partial charge in [0.15, 0.2) is 0 Å². The van der Waals surface area contributed by atoms with Crippen LogP contribution in [0, 0.1) is 0 Å². The summed E-state index contributed by atoms with van der Waals surface area (Å²) in [6, 6.07) is 21.5. The van der Waals surface area contributed by atoms with Crippen molar-refractivity contribution in [2.75, 3.05) is 0 Å². The van der Waals surface area contributed by atoms with E-state index in [9.17, 15) is 24.6 Å². The van der Waals surface area contributed by atoms with Crippen molar-refractivity contribution in [2.24, 2.45) is 0 Å². The highest BCUT2D eigenvalue weighted by molar-refractivity contribution is 5.98. The number of carbonyl (C=O) groups is 3. The molecule has 0 aliphatic carbocycles. The number of aromatic hydroxyl groups is 1. The van der Waals surface area contributed by atoms with E-state index in [-0.39, 0.29) is 18.6 Å². The highest BCUT2D eigenvalue weighted by Gasteiger charge is 2.27. The van der Waals surface area contributed by atoms with Crippen molar-refractivity contribution in [1.29, 1.82) is 0 Å². The Bertz CT molecular complexity index is 1050. The van der Waals surface area contributed by atoms with Crippen molar-refractivity contribution < 1.29 is 24.6 Å². The molecule has 0 spiro atoms. The number of rotatable bonds is 9. The van der Waals surface area contributed by atoms with E-state index in [0.29, 0.717) is 11.1 Å². The smallest absolute Gasteiger partial charge is 0.326 e. The first-order chi connectivity index (χ1) is 15.4. The van der Waals surface area contributed by atoms with E-state index in [1.165, 1.54) is 12.1 Å². The lowest BCUT2D eigenvalue weighted by molar-refractivity contribution is -0.142. The molecule has 0 unspecified atom stereocenters. The lowest BCUT2D eigenvalue weighted by atomic mass is 10.0. The maximum Gasteiger partial charge on any atom is 0.326 e. The molecule has 0 saturated heterocycles. The molecule has 0 aromatic heterocycles. The number of phenolic OH excluding ortho intramolecular Hbond substituents is 1. The average molecular weight is 432 g/mol. The number of carboxylic acid groups (broad SMARTS) is 1. The molecule has 0 radical (unpaired) electrons. The van der Waals surface area contributed by atoms with Gasteiger partial charge in [0.1, 0.15) is 17.8 Å². The molecule has 3 aromatic rings. The highest BCUT2D eigenvalue weighted by Crippen LogP contribution is 2.12. The summed E-state index contributed by atoms with van der Waals surface area (Å²) < 4.78 is 0. The number of carbonyl (C=O) groups excluding carboxylic acids is 2. The monoisotopic (exact) mass is 432 g/mol. The maximum absolute atomic E-state index is 13.0. The normalized spacial score (nSPS) is 12.4. The second-order valence-corrected chi connectivity index (χ2v) is 7.35. The molecule has 7 heteroatoms. The molecule has 32 heavy (non-hydrogen) atoms. The van der Waals surface area contributed by atoms with E-state index in [0.717, 1.165) is 5.56 Å². The maximum atomic E-state index is 13.0. The molecule has 0 heterocycles. The van der Waals surface area contributed by atoms with Gasteiger partial charge < -0.3 is 20.8 Å². The Morgan fingerprint density at radius 1 is 0.688 bits per heavy atom. The molecule has 0 fully saturated rings. The van der Waals surface area contributed by atoms with E-state index in [4.69, 9.17) is 0 Å². The molecular formula is C25H24N2O5. The number of aliphatic carboxylic acids is 1. The van der Waals surface area contributed by atoms with Gasteiger partial charge in [0.2, 0.25) is 5.91 Å². The number of phenols is 1. The number of hydrogen-bond donors (Lipinski definition) is 4. The van der Waals surface area contributed by atoms with Crippen LogP contribution in [0.15, 0.2) is 84.9 Å². The van der Waals surface area contributed by atoms with Crippen molar-refractivity contribution in [2.45, 2.75) is 24.9 Å². The first kappa shape index (κ1) is 22.6. The molecule has 7 nitrogen and oxygen atoms in total. The van der Waals surface area contributed by atoms with Gasteiger partial charge in [-0.15, -0.1) is 0 Å².